The molecule has 2 N–H and O–H groups in total. The molecular formula is C18H28N4O. The molecule has 0 atom stereocenters. The zero-order valence-electron chi connectivity index (χ0n) is 14.1. The van der Waals surface area contributed by atoms with E-state index < -0.39 is 0 Å². The minimum absolute atomic E-state index is 0.328. The summed E-state index contributed by atoms with van der Waals surface area (Å²) in [6, 6.07) is 4.02. The molecule has 3 rings (SSSR count). The zero-order chi connectivity index (χ0) is 15.9. The second kappa shape index (κ2) is 8.18. The molecule has 1 aromatic rings. The molecule has 23 heavy (non-hydrogen) atoms. The first-order valence-corrected chi connectivity index (χ1v) is 8.98. The predicted molar refractivity (Wildman–Crippen MR) is 92.7 cm³/mol. The van der Waals surface area contributed by atoms with Crippen LogP contribution in [0.15, 0.2) is 23.3 Å². The van der Waals surface area contributed by atoms with Gasteiger partial charge in [-0.05, 0) is 57.4 Å². The van der Waals surface area contributed by atoms with Gasteiger partial charge in [0, 0.05) is 24.8 Å². The Hall–Kier alpha value is -1.78. The molecule has 1 aromatic heterocycles. The number of hydrogen-bond acceptors (Lipinski definition) is 3. The second-order valence-electron chi connectivity index (χ2n) is 6.51. The Kier molecular flexibility index (Phi) is 5.72. The monoisotopic (exact) mass is 316 g/mol. The number of aromatic nitrogens is 1. The van der Waals surface area contributed by atoms with Crippen LogP contribution in [0.5, 0.6) is 5.88 Å². The van der Waals surface area contributed by atoms with Gasteiger partial charge < -0.3 is 15.4 Å². The third kappa shape index (κ3) is 5.12. The largest absolute Gasteiger partial charge is 0.474 e. The van der Waals surface area contributed by atoms with Gasteiger partial charge in [-0.15, -0.1) is 0 Å². The van der Waals surface area contributed by atoms with Gasteiger partial charge in [-0.2, -0.15) is 0 Å². The topological polar surface area (TPSA) is 58.5 Å². The summed E-state index contributed by atoms with van der Waals surface area (Å²) in [5.74, 6) is 2.47. The highest BCUT2D eigenvalue weighted by Crippen LogP contribution is 2.27. The Morgan fingerprint density at radius 1 is 1.26 bits per heavy atom. The first-order chi connectivity index (χ1) is 11.3. The normalized spacial score (nSPS) is 18.9. The van der Waals surface area contributed by atoms with E-state index in [0.29, 0.717) is 12.6 Å². The van der Waals surface area contributed by atoms with Crippen LogP contribution in [-0.4, -0.2) is 30.1 Å². The standard InChI is InChI=1S/C18H28N4O/c1-2-19-18(21-12-14-9-10-14)22-13-15-6-5-11-20-17(15)23-16-7-3-4-8-16/h5-6,11,14,16H,2-4,7-10,12-13H2,1H3,(H2,19,21,22). The van der Waals surface area contributed by atoms with Crippen LogP contribution in [0.2, 0.25) is 0 Å². The van der Waals surface area contributed by atoms with Crippen LogP contribution in [-0.2, 0) is 6.54 Å². The summed E-state index contributed by atoms with van der Waals surface area (Å²) in [5.41, 5.74) is 1.06. The summed E-state index contributed by atoms with van der Waals surface area (Å²) in [5, 5.41) is 6.73. The molecule has 0 aromatic carbocycles. The molecule has 0 spiro atoms. The van der Waals surface area contributed by atoms with Gasteiger partial charge in [-0.25, -0.2) is 9.98 Å². The Morgan fingerprint density at radius 3 is 2.83 bits per heavy atom. The fraction of sp³-hybridized carbons (Fsp3) is 0.667. The maximum absolute atomic E-state index is 6.09. The number of ether oxygens (including phenoxy) is 1. The van der Waals surface area contributed by atoms with Crippen LogP contribution >= 0.6 is 0 Å². The molecule has 2 aliphatic carbocycles. The highest BCUT2D eigenvalue weighted by Gasteiger charge is 2.21. The van der Waals surface area contributed by atoms with Crippen molar-refractivity contribution in [3.63, 3.8) is 0 Å². The number of guanidine groups is 1. The fourth-order valence-corrected chi connectivity index (χ4v) is 2.88. The van der Waals surface area contributed by atoms with E-state index >= 15 is 0 Å². The van der Waals surface area contributed by atoms with E-state index in [0.717, 1.165) is 49.3 Å². The molecule has 5 heteroatoms. The molecule has 0 aliphatic heterocycles. The molecule has 0 radical (unpaired) electrons. The van der Waals surface area contributed by atoms with E-state index in [2.05, 4.69) is 28.6 Å². The highest BCUT2D eigenvalue weighted by molar-refractivity contribution is 5.79. The Morgan fingerprint density at radius 2 is 2.09 bits per heavy atom. The van der Waals surface area contributed by atoms with Crippen molar-refractivity contribution in [1.82, 2.24) is 15.6 Å². The van der Waals surface area contributed by atoms with Gasteiger partial charge in [0.25, 0.3) is 0 Å². The number of hydrogen-bond donors (Lipinski definition) is 2. The van der Waals surface area contributed by atoms with E-state index in [4.69, 9.17) is 9.73 Å². The lowest BCUT2D eigenvalue weighted by Crippen LogP contribution is -2.38. The Balaban J connectivity index is 1.61. The number of aliphatic imine (C=N–C) groups is 1. The number of nitrogens with one attached hydrogen (secondary N) is 2. The molecule has 0 amide bonds. The van der Waals surface area contributed by atoms with Gasteiger partial charge in [0.2, 0.25) is 5.88 Å². The van der Waals surface area contributed by atoms with Crippen LogP contribution in [0.3, 0.4) is 0 Å². The molecule has 2 fully saturated rings. The van der Waals surface area contributed by atoms with Crippen molar-refractivity contribution < 1.29 is 4.74 Å². The highest BCUT2D eigenvalue weighted by atomic mass is 16.5. The molecule has 0 bridgehead atoms. The number of rotatable bonds is 7. The van der Waals surface area contributed by atoms with Gasteiger partial charge in [-0.3, -0.25) is 0 Å². The van der Waals surface area contributed by atoms with Gasteiger partial charge in [-0.1, -0.05) is 6.07 Å². The first-order valence-electron chi connectivity index (χ1n) is 8.98. The predicted octanol–water partition coefficient (Wildman–Crippen LogP) is 2.87. The van der Waals surface area contributed by atoms with Crippen LogP contribution < -0.4 is 15.4 Å². The van der Waals surface area contributed by atoms with Gasteiger partial charge in [0.15, 0.2) is 5.96 Å². The smallest absolute Gasteiger partial charge is 0.218 e. The summed E-state index contributed by atoms with van der Waals surface area (Å²) in [7, 11) is 0. The molecule has 5 nitrogen and oxygen atoms in total. The van der Waals surface area contributed by atoms with Gasteiger partial charge >= 0.3 is 0 Å². The van der Waals surface area contributed by atoms with E-state index in [1.807, 2.05) is 6.07 Å². The maximum atomic E-state index is 6.09. The minimum Gasteiger partial charge on any atom is -0.474 e. The summed E-state index contributed by atoms with van der Waals surface area (Å²) < 4.78 is 6.09. The molecule has 0 unspecified atom stereocenters. The van der Waals surface area contributed by atoms with Crippen LogP contribution in [0.4, 0.5) is 0 Å². The molecule has 2 aliphatic rings. The Labute approximate surface area is 138 Å². The zero-order valence-corrected chi connectivity index (χ0v) is 14.1. The molecule has 126 valence electrons. The van der Waals surface area contributed by atoms with E-state index in [1.54, 1.807) is 6.20 Å². The molecule has 0 saturated heterocycles. The lowest BCUT2D eigenvalue weighted by Gasteiger charge is -2.15. The number of pyridine rings is 1. The molecule has 1 heterocycles. The van der Waals surface area contributed by atoms with E-state index in [9.17, 15) is 0 Å². The van der Waals surface area contributed by atoms with Gasteiger partial charge in [0.1, 0.15) is 6.10 Å². The van der Waals surface area contributed by atoms with Crippen LogP contribution in [0, 0.1) is 5.92 Å². The van der Waals surface area contributed by atoms with Crippen molar-refractivity contribution in [2.24, 2.45) is 10.9 Å². The van der Waals surface area contributed by atoms with Crippen molar-refractivity contribution in [1.29, 1.82) is 0 Å². The average molecular weight is 316 g/mol. The number of nitrogens with zero attached hydrogens (tertiary/aromatic N) is 2. The minimum atomic E-state index is 0.328. The first kappa shape index (κ1) is 16.1. The van der Waals surface area contributed by atoms with Crippen molar-refractivity contribution in [2.45, 2.75) is 58.1 Å². The molecular weight excluding hydrogens is 288 g/mol. The SMILES string of the molecule is CCNC(=NCc1cccnc1OC1CCCC1)NCC1CC1. The van der Waals surface area contributed by atoms with Crippen molar-refractivity contribution in [3.05, 3.63) is 23.9 Å². The average Bonchev–Trinajstić information content (AvgIpc) is 3.26. The summed E-state index contributed by atoms with van der Waals surface area (Å²) >= 11 is 0. The Bertz CT molecular complexity index is 522. The summed E-state index contributed by atoms with van der Waals surface area (Å²) in [6.07, 6.45) is 9.63. The van der Waals surface area contributed by atoms with Crippen LogP contribution in [0.25, 0.3) is 0 Å². The van der Waals surface area contributed by atoms with Crippen molar-refractivity contribution in [3.8, 4) is 5.88 Å². The van der Waals surface area contributed by atoms with Crippen molar-refractivity contribution in [2.75, 3.05) is 13.1 Å². The van der Waals surface area contributed by atoms with E-state index in [1.165, 1.54) is 25.7 Å². The maximum Gasteiger partial charge on any atom is 0.218 e. The third-order valence-corrected chi connectivity index (χ3v) is 4.44. The molecule has 2 saturated carbocycles. The second-order valence-corrected chi connectivity index (χ2v) is 6.51. The lowest BCUT2D eigenvalue weighted by atomic mass is 10.2. The summed E-state index contributed by atoms with van der Waals surface area (Å²) in [6.45, 7) is 4.57. The third-order valence-electron chi connectivity index (χ3n) is 4.44. The van der Waals surface area contributed by atoms with Gasteiger partial charge in [0.05, 0.1) is 6.54 Å². The fourth-order valence-electron chi connectivity index (χ4n) is 2.88. The van der Waals surface area contributed by atoms with E-state index in [-0.39, 0.29) is 0 Å². The lowest BCUT2D eigenvalue weighted by molar-refractivity contribution is 0.199. The quantitative estimate of drug-likeness (QED) is 0.600. The summed E-state index contributed by atoms with van der Waals surface area (Å²) in [4.78, 5) is 9.11. The van der Waals surface area contributed by atoms with Crippen LogP contribution in [0.1, 0.15) is 51.0 Å². The van der Waals surface area contributed by atoms with Crippen molar-refractivity contribution >= 4 is 5.96 Å².